The van der Waals surface area contributed by atoms with Gasteiger partial charge in [-0.1, -0.05) is 19.8 Å². The van der Waals surface area contributed by atoms with Crippen molar-refractivity contribution in [2.24, 2.45) is 0 Å². The second-order valence-corrected chi connectivity index (χ2v) is 4.74. The molecule has 0 spiro atoms. The molecule has 0 N–H and O–H groups in total. The van der Waals surface area contributed by atoms with Gasteiger partial charge in [0.15, 0.2) is 0 Å². The lowest BCUT2D eigenvalue weighted by molar-refractivity contribution is 0.0524. The van der Waals surface area contributed by atoms with Crippen LogP contribution in [0.5, 0.6) is 5.75 Å². The molecular weight excluding hydrogens is 284 g/mol. The molecule has 0 aromatic heterocycles. The lowest BCUT2D eigenvalue weighted by Crippen LogP contribution is -2.10. The Hall–Kier alpha value is -2.04. The number of carbonyl (C=O) groups excluding carboxylic acids is 2. The maximum Gasteiger partial charge on any atom is 0.338 e. The number of hydrogen-bond acceptors (Lipinski definition) is 5. The lowest BCUT2D eigenvalue weighted by Gasteiger charge is -2.10. The molecule has 0 heterocycles. The normalized spacial score (nSPS) is 10.1. The van der Waals surface area contributed by atoms with Crippen molar-refractivity contribution >= 4 is 11.9 Å². The van der Waals surface area contributed by atoms with E-state index in [4.69, 9.17) is 14.2 Å². The van der Waals surface area contributed by atoms with Crippen LogP contribution < -0.4 is 4.74 Å². The molecule has 5 heteroatoms. The maximum atomic E-state index is 11.9. The van der Waals surface area contributed by atoms with Gasteiger partial charge in [-0.15, -0.1) is 0 Å². The Bertz CT molecular complexity index is 460. The molecule has 0 radical (unpaired) electrons. The summed E-state index contributed by atoms with van der Waals surface area (Å²) < 4.78 is 15.6. The minimum absolute atomic E-state index is 0.273. The second kappa shape index (κ2) is 9.82. The summed E-state index contributed by atoms with van der Waals surface area (Å²) in [5.74, 6) is -0.483. The van der Waals surface area contributed by atoms with Crippen LogP contribution in [0.3, 0.4) is 0 Å². The minimum atomic E-state index is -0.480. The van der Waals surface area contributed by atoms with E-state index in [2.05, 4.69) is 6.92 Å². The fourth-order valence-electron chi connectivity index (χ4n) is 1.89. The quantitative estimate of drug-likeness (QED) is 0.515. The SMILES string of the molecule is CCCCCOc1cc(C(=O)OCC)cc(C(=O)OCC)c1. The molecule has 5 nitrogen and oxygen atoms in total. The Labute approximate surface area is 131 Å². The summed E-state index contributed by atoms with van der Waals surface area (Å²) in [6.07, 6.45) is 3.09. The number of rotatable bonds is 9. The van der Waals surface area contributed by atoms with Crippen LogP contribution in [0.25, 0.3) is 0 Å². The van der Waals surface area contributed by atoms with Gasteiger partial charge in [0.25, 0.3) is 0 Å². The number of unbranched alkanes of at least 4 members (excludes halogenated alkanes) is 2. The summed E-state index contributed by atoms with van der Waals surface area (Å²) >= 11 is 0. The first kappa shape index (κ1) is 18.0. The Morgan fingerprint density at radius 1 is 0.864 bits per heavy atom. The number of carbonyl (C=O) groups is 2. The number of benzene rings is 1. The van der Waals surface area contributed by atoms with Gasteiger partial charge >= 0.3 is 11.9 Å². The lowest BCUT2D eigenvalue weighted by atomic mass is 10.1. The summed E-state index contributed by atoms with van der Waals surface area (Å²) in [6.45, 7) is 6.66. The molecular formula is C17H24O5. The average molecular weight is 308 g/mol. The number of hydrogen-bond donors (Lipinski definition) is 0. The van der Waals surface area contributed by atoms with Crippen molar-refractivity contribution in [2.75, 3.05) is 19.8 Å². The van der Waals surface area contributed by atoms with E-state index >= 15 is 0 Å². The van der Waals surface area contributed by atoms with Crippen molar-refractivity contribution in [1.29, 1.82) is 0 Å². The van der Waals surface area contributed by atoms with Crippen molar-refractivity contribution in [3.8, 4) is 5.75 Å². The number of ether oxygens (including phenoxy) is 3. The zero-order chi connectivity index (χ0) is 16.4. The van der Waals surface area contributed by atoms with Crippen LogP contribution in [0.15, 0.2) is 18.2 Å². The summed E-state index contributed by atoms with van der Waals surface area (Å²) in [6, 6.07) is 4.65. The van der Waals surface area contributed by atoms with E-state index in [0.717, 1.165) is 19.3 Å². The summed E-state index contributed by atoms with van der Waals surface area (Å²) in [7, 11) is 0. The summed E-state index contributed by atoms with van der Waals surface area (Å²) in [5, 5.41) is 0. The molecule has 0 bridgehead atoms. The predicted octanol–water partition coefficient (Wildman–Crippen LogP) is 3.61. The largest absolute Gasteiger partial charge is 0.494 e. The van der Waals surface area contributed by atoms with Crippen LogP contribution in [0.1, 0.15) is 60.7 Å². The maximum absolute atomic E-state index is 11.9. The standard InChI is InChI=1S/C17H24O5/c1-4-7-8-9-22-15-11-13(16(18)20-5-2)10-14(12-15)17(19)21-6-3/h10-12H,4-9H2,1-3H3. The molecule has 0 aliphatic carbocycles. The second-order valence-electron chi connectivity index (χ2n) is 4.74. The van der Waals surface area contributed by atoms with Crippen LogP contribution >= 0.6 is 0 Å². The fraction of sp³-hybridized carbons (Fsp3) is 0.529. The van der Waals surface area contributed by atoms with Gasteiger partial charge in [-0.3, -0.25) is 0 Å². The molecule has 0 saturated heterocycles. The first-order valence-corrected chi connectivity index (χ1v) is 7.74. The van der Waals surface area contributed by atoms with Gasteiger partial charge in [0, 0.05) is 0 Å². The number of esters is 2. The molecule has 0 aliphatic rings. The van der Waals surface area contributed by atoms with Crippen molar-refractivity contribution in [3.05, 3.63) is 29.3 Å². The zero-order valence-corrected chi connectivity index (χ0v) is 13.5. The van der Waals surface area contributed by atoms with Crippen LogP contribution in [-0.4, -0.2) is 31.8 Å². The molecule has 1 rings (SSSR count). The topological polar surface area (TPSA) is 61.8 Å². The monoisotopic (exact) mass is 308 g/mol. The Morgan fingerprint density at radius 2 is 1.41 bits per heavy atom. The predicted molar refractivity (Wildman–Crippen MR) is 83.4 cm³/mol. The van der Waals surface area contributed by atoms with E-state index in [1.807, 2.05) is 0 Å². The molecule has 0 aliphatic heterocycles. The van der Waals surface area contributed by atoms with Crippen LogP contribution in [-0.2, 0) is 9.47 Å². The van der Waals surface area contributed by atoms with E-state index in [9.17, 15) is 9.59 Å². The van der Waals surface area contributed by atoms with Gasteiger partial charge in [-0.05, 0) is 38.5 Å². The molecule has 0 atom stereocenters. The first-order valence-electron chi connectivity index (χ1n) is 7.74. The van der Waals surface area contributed by atoms with Gasteiger partial charge in [0.1, 0.15) is 5.75 Å². The van der Waals surface area contributed by atoms with Crippen molar-refractivity contribution in [2.45, 2.75) is 40.0 Å². The van der Waals surface area contributed by atoms with Crippen molar-refractivity contribution in [1.82, 2.24) is 0 Å². The first-order chi connectivity index (χ1) is 10.6. The Balaban J connectivity index is 2.93. The van der Waals surface area contributed by atoms with E-state index in [1.54, 1.807) is 26.0 Å². The molecule has 1 aromatic rings. The zero-order valence-electron chi connectivity index (χ0n) is 13.5. The van der Waals surface area contributed by atoms with Crippen molar-refractivity contribution in [3.63, 3.8) is 0 Å². The van der Waals surface area contributed by atoms with Crippen LogP contribution in [0.2, 0.25) is 0 Å². The molecule has 0 unspecified atom stereocenters. The molecule has 122 valence electrons. The van der Waals surface area contributed by atoms with E-state index in [1.165, 1.54) is 6.07 Å². The van der Waals surface area contributed by atoms with Crippen molar-refractivity contribution < 1.29 is 23.8 Å². The smallest absolute Gasteiger partial charge is 0.338 e. The summed E-state index contributed by atoms with van der Waals surface area (Å²) in [4.78, 5) is 23.8. The van der Waals surface area contributed by atoms with Gasteiger partial charge in [0.05, 0.1) is 30.9 Å². The fourth-order valence-corrected chi connectivity index (χ4v) is 1.89. The van der Waals surface area contributed by atoms with E-state index in [0.29, 0.717) is 12.4 Å². The minimum Gasteiger partial charge on any atom is -0.494 e. The highest BCUT2D eigenvalue weighted by Crippen LogP contribution is 2.19. The third-order valence-corrected chi connectivity index (χ3v) is 2.95. The Kier molecular flexibility index (Phi) is 8.04. The summed E-state index contributed by atoms with van der Waals surface area (Å²) in [5.41, 5.74) is 0.579. The molecule has 0 amide bonds. The molecule has 0 saturated carbocycles. The highest BCUT2D eigenvalue weighted by molar-refractivity contribution is 5.96. The average Bonchev–Trinajstić information content (AvgIpc) is 2.52. The van der Waals surface area contributed by atoms with Gasteiger partial charge in [-0.25, -0.2) is 9.59 Å². The van der Waals surface area contributed by atoms with E-state index < -0.39 is 11.9 Å². The highest BCUT2D eigenvalue weighted by atomic mass is 16.5. The third-order valence-electron chi connectivity index (χ3n) is 2.95. The van der Waals surface area contributed by atoms with Crippen LogP contribution in [0.4, 0.5) is 0 Å². The van der Waals surface area contributed by atoms with Gasteiger partial charge < -0.3 is 14.2 Å². The molecule has 1 aromatic carbocycles. The van der Waals surface area contributed by atoms with Crippen LogP contribution in [0, 0.1) is 0 Å². The van der Waals surface area contributed by atoms with E-state index in [-0.39, 0.29) is 24.3 Å². The van der Waals surface area contributed by atoms with Gasteiger partial charge in [0.2, 0.25) is 0 Å². The highest BCUT2D eigenvalue weighted by Gasteiger charge is 2.15. The Morgan fingerprint density at radius 3 is 1.86 bits per heavy atom. The molecule has 22 heavy (non-hydrogen) atoms. The van der Waals surface area contributed by atoms with Gasteiger partial charge in [-0.2, -0.15) is 0 Å². The molecule has 0 fully saturated rings. The third kappa shape index (κ3) is 5.76.